The Balaban J connectivity index is 1.81. The second-order valence-electron chi connectivity index (χ2n) is 6.41. The molecule has 3 rings (SSSR count). The zero-order valence-electron chi connectivity index (χ0n) is 13.2. The van der Waals surface area contributed by atoms with Crippen LogP contribution in [0.3, 0.4) is 0 Å². The van der Waals surface area contributed by atoms with E-state index in [2.05, 4.69) is 0 Å². The molecule has 0 aromatic heterocycles. The van der Waals surface area contributed by atoms with E-state index in [0.29, 0.717) is 11.8 Å². The second-order valence-corrected chi connectivity index (χ2v) is 10.1. The minimum atomic E-state index is -4.11. The molecule has 0 bridgehead atoms. The Hall–Kier alpha value is -1.67. The minimum absolute atomic E-state index is 0.106. The molecule has 24 heavy (non-hydrogen) atoms. The number of carbonyl (C=O) groups is 1. The van der Waals surface area contributed by atoms with Gasteiger partial charge in [-0.15, -0.1) is 0 Å². The Bertz CT molecular complexity index is 894. The topological polar surface area (TPSA) is 97.4 Å². The van der Waals surface area contributed by atoms with Gasteiger partial charge in [-0.2, -0.15) is 0 Å². The highest BCUT2D eigenvalue weighted by molar-refractivity contribution is 7.91. The Morgan fingerprint density at radius 2 is 1.58 bits per heavy atom. The van der Waals surface area contributed by atoms with Crippen LogP contribution < -0.4 is 4.72 Å². The first-order valence-electron chi connectivity index (χ1n) is 7.75. The van der Waals surface area contributed by atoms with Gasteiger partial charge in [0, 0.05) is 12.3 Å². The van der Waals surface area contributed by atoms with E-state index in [1.54, 1.807) is 0 Å². The van der Waals surface area contributed by atoms with Gasteiger partial charge in [0.15, 0.2) is 9.84 Å². The standard InChI is InChI=1S/C16H19NO5S2/c1-23(19,20)13-3-2-4-14(9-13)24(21,22)17-16(18)10-15(11-5-6-11)12-7-8-12/h2-4,9-12H,5-8H2,1H3,(H,17,18). The molecule has 2 aliphatic rings. The Morgan fingerprint density at radius 1 is 1.04 bits per heavy atom. The van der Waals surface area contributed by atoms with Crippen molar-refractivity contribution in [2.45, 2.75) is 35.5 Å². The Morgan fingerprint density at radius 3 is 2.08 bits per heavy atom. The van der Waals surface area contributed by atoms with Crippen LogP contribution in [-0.4, -0.2) is 29.0 Å². The monoisotopic (exact) mass is 369 g/mol. The van der Waals surface area contributed by atoms with Crippen molar-refractivity contribution < 1.29 is 21.6 Å². The third kappa shape index (κ3) is 4.05. The zero-order valence-corrected chi connectivity index (χ0v) is 14.9. The van der Waals surface area contributed by atoms with Crippen molar-refractivity contribution in [3.05, 3.63) is 35.9 Å². The van der Waals surface area contributed by atoms with E-state index in [1.807, 2.05) is 4.72 Å². The Kier molecular flexibility index (Phi) is 4.29. The first kappa shape index (κ1) is 17.2. The molecule has 0 radical (unpaired) electrons. The van der Waals surface area contributed by atoms with Crippen LogP contribution in [0.2, 0.25) is 0 Å². The molecular formula is C16H19NO5S2. The molecule has 2 fully saturated rings. The van der Waals surface area contributed by atoms with E-state index in [-0.39, 0.29) is 9.79 Å². The number of sulfonamides is 1. The first-order valence-corrected chi connectivity index (χ1v) is 11.1. The molecule has 1 N–H and O–H groups in total. The molecule has 0 aliphatic heterocycles. The van der Waals surface area contributed by atoms with E-state index >= 15 is 0 Å². The smallest absolute Gasteiger partial charge is 0.264 e. The van der Waals surface area contributed by atoms with E-state index in [1.165, 1.54) is 24.3 Å². The molecule has 0 heterocycles. The molecule has 1 aromatic carbocycles. The zero-order chi connectivity index (χ0) is 17.5. The molecule has 8 heteroatoms. The van der Waals surface area contributed by atoms with Crippen molar-refractivity contribution in [1.29, 1.82) is 0 Å². The van der Waals surface area contributed by atoms with Gasteiger partial charge in [0.25, 0.3) is 15.9 Å². The van der Waals surface area contributed by atoms with Crippen molar-refractivity contribution in [3.63, 3.8) is 0 Å². The van der Waals surface area contributed by atoms with Crippen LogP contribution in [0.25, 0.3) is 0 Å². The van der Waals surface area contributed by atoms with E-state index in [4.69, 9.17) is 0 Å². The average Bonchev–Trinajstić information content (AvgIpc) is 3.37. The molecule has 2 aliphatic carbocycles. The van der Waals surface area contributed by atoms with Crippen LogP contribution in [0, 0.1) is 11.8 Å². The fourth-order valence-electron chi connectivity index (χ4n) is 2.65. The number of carbonyl (C=O) groups excluding carboxylic acids is 1. The highest BCUT2D eigenvalue weighted by Crippen LogP contribution is 2.48. The number of amides is 1. The maximum Gasteiger partial charge on any atom is 0.264 e. The van der Waals surface area contributed by atoms with Gasteiger partial charge in [0.1, 0.15) is 0 Å². The third-order valence-corrected chi connectivity index (χ3v) is 6.63. The van der Waals surface area contributed by atoms with Gasteiger partial charge in [0.2, 0.25) is 0 Å². The van der Waals surface area contributed by atoms with Crippen molar-refractivity contribution in [2.75, 3.05) is 6.26 Å². The summed E-state index contributed by atoms with van der Waals surface area (Å²) in [5.41, 5.74) is 1.05. The summed E-state index contributed by atoms with van der Waals surface area (Å²) in [4.78, 5) is 11.8. The van der Waals surface area contributed by atoms with Crippen LogP contribution in [-0.2, 0) is 24.7 Å². The lowest BCUT2D eigenvalue weighted by Gasteiger charge is -2.08. The molecular weight excluding hydrogens is 350 g/mol. The van der Waals surface area contributed by atoms with Gasteiger partial charge in [-0.25, -0.2) is 21.6 Å². The van der Waals surface area contributed by atoms with Gasteiger partial charge >= 0.3 is 0 Å². The fourth-order valence-corrected chi connectivity index (χ4v) is 4.37. The van der Waals surface area contributed by atoms with E-state index in [0.717, 1.165) is 43.6 Å². The third-order valence-electron chi connectivity index (χ3n) is 4.17. The summed E-state index contributed by atoms with van der Waals surface area (Å²) in [5, 5.41) is 0. The fraction of sp³-hybridized carbons (Fsp3) is 0.438. The molecule has 0 saturated heterocycles. The molecule has 0 unspecified atom stereocenters. The molecule has 1 aromatic rings. The largest absolute Gasteiger partial charge is 0.269 e. The van der Waals surface area contributed by atoms with Gasteiger partial charge in [0.05, 0.1) is 9.79 Å². The quantitative estimate of drug-likeness (QED) is 0.769. The predicted octanol–water partition coefficient (Wildman–Crippen LogP) is 1.64. The predicted molar refractivity (Wildman–Crippen MR) is 88.4 cm³/mol. The van der Waals surface area contributed by atoms with Crippen molar-refractivity contribution >= 4 is 25.8 Å². The maximum atomic E-state index is 12.3. The number of sulfone groups is 1. The molecule has 1 amide bonds. The van der Waals surface area contributed by atoms with Crippen molar-refractivity contribution in [1.82, 2.24) is 4.72 Å². The molecule has 0 spiro atoms. The normalized spacial score (nSPS) is 18.0. The SMILES string of the molecule is CS(=O)(=O)c1cccc(S(=O)(=O)NC(=O)C=C(C2CC2)C2CC2)c1. The molecule has 6 nitrogen and oxygen atoms in total. The van der Waals surface area contributed by atoms with Gasteiger partial charge < -0.3 is 0 Å². The van der Waals surface area contributed by atoms with Crippen LogP contribution in [0.15, 0.2) is 45.7 Å². The summed E-state index contributed by atoms with van der Waals surface area (Å²) in [6.45, 7) is 0. The summed E-state index contributed by atoms with van der Waals surface area (Å²) >= 11 is 0. The van der Waals surface area contributed by atoms with Crippen LogP contribution >= 0.6 is 0 Å². The molecule has 0 atom stereocenters. The number of rotatable bonds is 6. The number of hydrogen-bond acceptors (Lipinski definition) is 5. The van der Waals surface area contributed by atoms with E-state index in [9.17, 15) is 21.6 Å². The number of hydrogen-bond donors (Lipinski definition) is 1. The lowest BCUT2D eigenvalue weighted by Crippen LogP contribution is -2.29. The Labute approximate surface area is 141 Å². The van der Waals surface area contributed by atoms with Crippen LogP contribution in [0.5, 0.6) is 0 Å². The molecule has 130 valence electrons. The van der Waals surface area contributed by atoms with Crippen LogP contribution in [0.1, 0.15) is 25.7 Å². The van der Waals surface area contributed by atoms with Gasteiger partial charge in [-0.3, -0.25) is 4.79 Å². The van der Waals surface area contributed by atoms with E-state index < -0.39 is 25.8 Å². The summed E-state index contributed by atoms with van der Waals surface area (Å²) in [6, 6.07) is 4.97. The second kappa shape index (κ2) is 6.00. The lowest BCUT2D eigenvalue weighted by molar-refractivity contribution is -0.114. The minimum Gasteiger partial charge on any atom is -0.269 e. The summed E-state index contributed by atoms with van der Waals surface area (Å²) in [7, 11) is -7.64. The molecule has 2 saturated carbocycles. The summed E-state index contributed by atoms with van der Waals surface area (Å²) < 4.78 is 49.7. The number of allylic oxidation sites excluding steroid dienone is 1. The number of nitrogens with one attached hydrogen (secondary N) is 1. The maximum absolute atomic E-state index is 12.3. The lowest BCUT2D eigenvalue weighted by atomic mass is 10.1. The average molecular weight is 369 g/mol. The highest BCUT2D eigenvalue weighted by Gasteiger charge is 2.36. The highest BCUT2D eigenvalue weighted by atomic mass is 32.2. The first-order chi connectivity index (χ1) is 11.2. The van der Waals surface area contributed by atoms with Gasteiger partial charge in [-0.05, 0) is 55.7 Å². The van der Waals surface area contributed by atoms with Crippen LogP contribution in [0.4, 0.5) is 0 Å². The van der Waals surface area contributed by atoms with Crippen molar-refractivity contribution in [2.24, 2.45) is 11.8 Å². The number of benzene rings is 1. The summed E-state index contributed by atoms with van der Waals surface area (Å²) in [5.74, 6) is 0.160. The van der Waals surface area contributed by atoms with Gasteiger partial charge in [-0.1, -0.05) is 11.6 Å². The van der Waals surface area contributed by atoms with Crippen molar-refractivity contribution in [3.8, 4) is 0 Å². The summed E-state index contributed by atoms with van der Waals surface area (Å²) in [6.07, 6.45) is 6.62.